The van der Waals surface area contributed by atoms with Gasteiger partial charge in [0.2, 0.25) is 9.70 Å². The minimum absolute atomic E-state index is 0.177. The molecule has 1 amide bonds. The Labute approximate surface area is 176 Å². The lowest BCUT2D eigenvalue weighted by Gasteiger charge is -2.27. The molecule has 1 atom stereocenters. The summed E-state index contributed by atoms with van der Waals surface area (Å²) in [6.45, 7) is 4.15. The quantitative estimate of drug-likeness (QED) is 0.207. The van der Waals surface area contributed by atoms with Gasteiger partial charge in [-0.2, -0.15) is 0 Å². The fourth-order valence-corrected chi connectivity index (χ4v) is 2.82. The Morgan fingerprint density at radius 3 is 2.27 bits per heavy atom. The number of carbonyl (C=O) groups excluding carboxylic acids is 1. The van der Waals surface area contributed by atoms with Crippen molar-refractivity contribution >= 4 is 63.7 Å². The van der Waals surface area contributed by atoms with E-state index in [1.807, 2.05) is 31.2 Å². The molecule has 4 nitrogen and oxygen atoms in total. The molecule has 0 aliphatic carbocycles. The molecule has 8 heteroatoms. The van der Waals surface area contributed by atoms with Gasteiger partial charge >= 0.3 is 0 Å². The van der Waals surface area contributed by atoms with Crippen LogP contribution < -0.4 is 16.0 Å². The van der Waals surface area contributed by atoms with E-state index in [4.69, 9.17) is 47.0 Å². The summed E-state index contributed by atoms with van der Waals surface area (Å²) < 4.78 is -1.74. The number of hydrogen-bond donors (Lipinski definition) is 3. The zero-order chi connectivity index (χ0) is 19.6. The first-order valence-electron chi connectivity index (χ1n) is 8.72. The molecule has 1 aromatic carbocycles. The molecule has 0 spiro atoms. The SMILES string of the molecule is CCCCCCCC(=O)NC(NC(=S)Nc1ccc(C)cc1)C(Cl)(Cl)Cl. The molecule has 0 radical (unpaired) electrons. The van der Waals surface area contributed by atoms with Crippen LogP contribution in [0.4, 0.5) is 5.69 Å². The van der Waals surface area contributed by atoms with E-state index >= 15 is 0 Å². The summed E-state index contributed by atoms with van der Waals surface area (Å²) >= 11 is 23.2. The van der Waals surface area contributed by atoms with Crippen molar-refractivity contribution in [3.63, 3.8) is 0 Å². The maximum Gasteiger partial charge on any atom is 0.228 e. The van der Waals surface area contributed by atoms with Gasteiger partial charge in [0.15, 0.2) is 5.11 Å². The van der Waals surface area contributed by atoms with E-state index in [9.17, 15) is 4.79 Å². The molecule has 0 fully saturated rings. The molecule has 0 aliphatic rings. The standard InChI is InChI=1S/C18H26Cl3N3OS/c1-3-4-5-6-7-8-15(25)23-16(18(19,20)21)24-17(26)22-14-11-9-13(2)10-12-14/h9-12,16H,3-8H2,1-2H3,(H,23,25)(H2,22,24,26). The molecule has 0 aromatic heterocycles. The van der Waals surface area contributed by atoms with Crippen LogP contribution in [0.15, 0.2) is 24.3 Å². The van der Waals surface area contributed by atoms with E-state index in [1.54, 1.807) is 0 Å². The summed E-state index contributed by atoms with van der Waals surface area (Å²) in [6, 6.07) is 7.69. The van der Waals surface area contributed by atoms with Gasteiger partial charge in [0.05, 0.1) is 0 Å². The predicted octanol–water partition coefficient (Wildman–Crippen LogP) is 5.45. The lowest BCUT2D eigenvalue weighted by molar-refractivity contribution is -0.122. The van der Waals surface area contributed by atoms with Crippen LogP contribution in [-0.2, 0) is 4.79 Å². The predicted molar refractivity (Wildman–Crippen MR) is 116 cm³/mol. The lowest BCUT2D eigenvalue weighted by atomic mass is 10.1. The van der Waals surface area contributed by atoms with Crippen LogP contribution in [0.3, 0.4) is 0 Å². The molecule has 0 heterocycles. The summed E-state index contributed by atoms with van der Waals surface area (Å²) in [7, 11) is 0. The molecule has 0 saturated carbocycles. The van der Waals surface area contributed by atoms with Gasteiger partial charge in [0, 0.05) is 12.1 Å². The number of aryl methyl sites for hydroxylation is 1. The number of halogens is 3. The molecule has 3 N–H and O–H groups in total. The fraction of sp³-hybridized carbons (Fsp3) is 0.556. The van der Waals surface area contributed by atoms with Crippen LogP contribution >= 0.6 is 47.0 Å². The summed E-state index contributed by atoms with van der Waals surface area (Å²) in [6.07, 6.45) is 4.75. The fourth-order valence-electron chi connectivity index (χ4n) is 2.26. The van der Waals surface area contributed by atoms with Crippen LogP contribution in [-0.4, -0.2) is 21.0 Å². The second-order valence-electron chi connectivity index (χ2n) is 6.17. The van der Waals surface area contributed by atoms with Crippen molar-refractivity contribution in [2.45, 2.75) is 62.3 Å². The second-order valence-corrected chi connectivity index (χ2v) is 8.95. The third kappa shape index (κ3) is 9.81. The highest BCUT2D eigenvalue weighted by molar-refractivity contribution is 7.80. The Kier molecular flexibility index (Phi) is 10.6. The van der Waals surface area contributed by atoms with E-state index in [2.05, 4.69) is 22.9 Å². The van der Waals surface area contributed by atoms with E-state index < -0.39 is 9.96 Å². The Morgan fingerprint density at radius 1 is 1.08 bits per heavy atom. The van der Waals surface area contributed by atoms with Crippen molar-refractivity contribution in [2.24, 2.45) is 0 Å². The number of alkyl halides is 3. The zero-order valence-corrected chi connectivity index (χ0v) is 18.2. The normalized spacial score (nSPS) is 12.3. The van der Waals surface area contributed by atoms with Crippen molar-refractivity contribution in [3.05, 3.63) is 29.8 Å². The van der Waals surface area contributed by atoms with Crippen molar-refractivity contribution in [3.8, 4) is 0 Å². The van der Waals surface area contributed by atoms with Gasteiger partial charge < -0.3 is 16.0 Å². The van der Waals surface area contributed by atoms with Crippen LogP contribution in [0.2, 0.25) is 0 Å². The smallest absolute Gasteiger partial charge is 0.228 e. The van der Waals surface area contributed by atoms with Gasteiger partial charge in [0.25, 0.3) is 0 Å². The van der Waals surface area contributed by atoms with E-state index in [-0.39, 0.29) is 11.0 Å². The van der Waals surface area contributed by atoms with E-state index in [0.717, 1.165) is 36.9 Å². The highest BCUT2D eigenvalue weighted by Crippen LogP contribution is 2.29. The number of hydrogen-bond acceptors (Lipinski definition) is 2. The number of nitrogens with one attached hydrogen (secondary N) is 3. The molecular weight excluding hydrogens is 413 g/mol. The van der Waals surface area contributed by atoms with Crippen molar-refractivity contribution in [1.82, 2.24) is 10.6 Å². The number of thiocarbonyl (C=S) groups is 1. The van der Waals surface area contributed by atoms with Crippen molar-refractivity contribution < 1.29 is 4.79 Å². The largest absolute Gasteiger partial charge is 0.339 e. The Hall–Kier alpha value is -0.750. The molecular formula is C18H26Cl3N3OS. The minimum atomic E-state index is -1.74. The van der Waals surface area contributed by atoms with E-state index in [0.29, 0.717) is 6.42 Å². The number of benzene rings is 1. The van der Waals surface area contributed by atoms with Crippen LogP contribution in [0.5, 0.6) is 0 Å². The molecule has 1 rings (SSSR count). The summed E-state index contributed by atoms with van der Waals surface area (Å²) in [5, 5.41) is 8.82. The topological polar surface area (TPSA) is 53.2 Å². The van der Waals surface area contributed by atoms with Crippen LogP contribution in [0.25, 0.3) is 0 Å². The highest BCUT2D eigenvalue weighted by Gasteiger charge is 2.34. The maximum atomic E-state index is 12.1. The number of unbranched alkanes of at least 4 members (excludes halogenated alkanes) is 4. The summed E-state index contributed by atoms with van der Waals surface area (Å²) in [4.78, 5) is 12.1. The Bertz CT molecular complexity index is 576. The number of rotatable bonds is 9. The first kappa shape index (κ1) is 23.3. The first-order valence-corrected chi connectivity index (χ1v) is 10.3. The average molecular weight is 439 g/mol. The average Bonchev–Trinajstić information content (AvgIpc) is 2.55. The number of anilines is 1. The van der Waals surface area contributed by atoms with Gasteiger partial charge in [-0.15, -0.1) is 0 Å². The third-order valence-corrected chi connectivity index (χ3v) is 4.60. The molecule has 1 aromatic rings. The lowest BCUT2D eigenvalue weighted by Crippen LogP contribution is -2.56. The molecule has 0 aliphatic heterocycles. The van der Waals surface area contributed by atoms with Gasteiger partial charge in [0.1, 0.15) is 6.17 Å². The maximum absolute atomic E-state index is 12.1. The zero-order valence-electron chi connectivity index (χ0n) is 15.1. The van der Waals surface area contributed by atoms with Crippen molar-refractivity contribution in [2.75, 3.05) is 5.32 Å². The monoisotopic (exact) mass is 437 g/mol. The van der Waals surface area contributed by atoms with Gasteiger partial charge in [-0.1, -0.05) is 85.1 Å². The Morgan fingerprint density at radius 2 is 1.69 bits per heavy atom. The molecule has 0 bridgehead atoms. The van der Waals surface area contributed by atoms with Crippen LogP contribution in [0.1, 0.15) is 51.0 Å². The summed E-state index contributed by atoms with van der Waals surface area (Å²) in [5.74, 6) is -0.177. The number of amides is 1. The summed E-state index contributed by atoms with van der Waals surface area (Å²) in [5.41, 5.74) is 1.94. The minimum Gasteiger partial charge on any atom is -0.339 e. The molecule has 26 heavy (non-hydrogen) atoms. The Balaban J connectivity index is 2.51. The van der Waals surface area contributed by atoms with E-state index in [1.165, 1.54) is 6.42 Å². The van der Waals surface area contributed by atoms with Gasteiger partial charge in [-0.25, -0.2) is 0 Å². The molecule has 0 saturated heterocycles. The highest BCUT2D eigenvalue weighted by atomic mass is 35.6. The van der Waals surface area contributed by atoms with Crippen LogP contribution in [0, 0.1) is 6.92 Å². The first-order chi connectivity index (χ1) is 12.2. The third-order valence-electron chi connectivity index (χ3n) is 3.72. The second kappa shape index (κ2) is 11.9. The van der Waals surface area contributed by atoms with Gasteiger partial charge in [-0.05, 0) is 37.7 Å². The number of carbonyl (C=O) groups is 1. The van der Waals surface area contributed by atoms with Crippen molar-refractivity contribution in [1.29, 1.82) is 0 Å². The van der Waals surface area contributed by atoms with Gasteiger partial charge in [-0.3, -0.25) is 4.79 Å². The molecule has 146 valence electrons. The molecule has 1 unspecified atom stereocenters.